The molecule has 13 heavy (non-hydrogen) atoms. The zero-order chi connectivity index (χ0) is 10.5. The van der Waals surface area contributed by atoms with Crippen molar-refractivity contribution in [2.75, 3.05) is 13.1 Å². The summed E-state index contributed by atoms with van der Waals surface area (Å²) in [6, 6.07) is 0. The summed E-state index contributed by atoms with van der Waals surface area (Å²) in [6.07, 6.45) is 1.17. The average molecular weight is 187 g/mol. The largest absolute Gasteiger partial charge is 0.390 e. The average Bonchev–Trinajstić information content (AvgIpc) is 1.96. The van der Waals surface area contributed by atoms with E-state index < -0.39 is 5.60 Å². The fraction of sp³-hybridized carbons (Fsp3) is 0.900. The Hall–Kier alpha value is -0.570. The van der Waals surface area contributed by atoms with Gasteiger partial charge < -0.3 is 10.0 Å². The Balaban J connectivity index is 4.06. The molecular formula is C10H21NO2. The number of hydrogen-bond acceptors (Lipinski definition) is 2. The van der Waals surface area contributed by atoms with Gasteiger partial charge in [0.15, 0.2) is 0 Å². The Bertz CT molecular complexity index is 161. The standard InChI is InChI=1S/C10H21NO2/c1-5-7-11(6-2)9(12)8-10(3,4)13/h13H,5-8H2,1-4H3. The highest BCUT2D eigenvalue weighted by Crippen LogP contribution is 2.09. The summed E-state index contributed by atoms with van der Waals surface area (Å²) in [5.74, 6) is 0.0388. The number of carbonyl (C=O) groups excluding carboxylic acids is 1. The van der Waals surface area contributed by atoms with Crippen LogP contribution < -0.4 is 0 Å². The summed E-state index contributed by atoms with van der Waals surface area (Å²) in [4.78, 5) is 13.3. The van der Waals surface area contributed by atoms with E-state index in [1.165, 1.54) is 0 Å². The highest BCUT2D eigenvalue weighted by Gasteiger charge is 2.21. The molecule has 0 unspecified atom stereocenters. The van der Waals surface area contributed by atoms with Gasteiger partial charge >= 0.3 is 0 Å². The molecule has 78 valence electrons. The lowest BCUT2D eigenvalue weighted by molar-refractivity contribution is -0.135. The summed E-state index contributed by atoms with van der Waals surface area (Å²) in [6.45, 7) is 8.82. The number of hydrogen-bond donors (Lipinski definition) is 1. The van der Waals surface area contributed by atoms with Crippen LogP contribution in [0, 0.1) is 0 Å². The Kier molecular flexibility index (Phi) is 4.99. The van der Waals surface area contributed by atoms with Crippen molar-refractivity contribution in [3.05, 3.63) is 0 Å². The van der Waals surface area contributed by atoms with Crippen LogP contribution in [0.25, 0.3) is 0 Å². The van der Waals surface area contributed by atoms with E-state index in [4.69, 9.17) is 0 Å². The molecule has 0 saturated carbocycles. The van der Waals surface area contributed by atoms with Crippen LogP contribution in [0.1, 0.15) is 40.5 Å². The predicted molar refractivity (Wildman–Crippen MR) is 53.5 cm³/mol. The first-order valence-electron chi connectivity index (χ1n) is 4.91. The molecule has 0 aromatic heterocycles. The van der Waals surface area contributed by atoms with Crippen LogP contribution in [-0.4, -0.2) is 34.6 Å². The highest BCUT2D eigenvalue weighted by molar-refractivity contribution is 5.77. The summed E-state index contributed by atoms with van der Waals surface area (Å²) < 4.78 is 0. The minimum Gasteiger partial charge on any atom is -0.390 e. The van der Waals surface area contributed by atoms with Crippen molar-refractivity contribution in [1.29, 1.82) is 0 Å². The van der Waals surface area contributed by atoms with Crippen LogP contribution in [0.4, 0.5) is 0 Å². The monoisotopic (exact) mass is 187 g/mol. The molecule has 1 N–H and O–H groups in total. The number of nitrogens with zero attached hydrogens (tertiary/aromatic N) is 1. The summed E-state index contributed by atoms with van der Waals surface area (Å²) in [7, 11) is 0. The van der Waals surface area contributed by atoms with Gasteiger partial charge in [0.25, 0.3) is 0 Å². The van der Waals surface area contributed by atoms with Gasteiger partial charge in [0.05, 0.1) is 12.0 Å². The molecule has 0 aliphatic rings. The van der Waals surface area contributed by atoms with Crippen LogP contribution in [0.3, 0.4) is 0 Å². The van der Waals surface area contributed by atoms with Crippen molar-refractivity contribution in [1.82, 2.24) is 4.90 Å². The van der Waals surface area contributed by atoms with Gasteiger partial charge in [-0.15, -0.1) is 0 Å². The molecule has 0 bridgehead atoms. The van der Waals surface area contributed by atoms with Crippen molar-refractivity contribution in [2.45, 2.75) is 46.1 Å². The third-order valence-electron chi connectivity index (χ3n) is 1.81. The van der Waals surface area contributed by atoms with E-state index in [-0.39, 0.29) is 12.3 Å². The SMILES string of the molecule is CCCN(CC)C(=O)CC(C)(C)O. The quantitative estimate of drug-likeness (QED) is 0.707. The number of carbonyl (C=O) groups is 1. The van der Waals surface area contributed by atoms with Gasteiger partial charge in [-0.25, -0.2) is 0 Å². The topological polar surface area (TPSA) is 40.5 Å². The molecule has 0 saturated heterocycles. The third kappa shape index (κ3) is 5.64. The predicted octanol–water partition coefficient (Wildman–Crippen LogP) is 1.41. The first-order valence-corrected chi connectivity index (χ1v) is 4.91. The second-order valence-electron chi connectivity index (χ2n) is 3.96. The molecule has 3 heteroatoms. The fourth-order valence-electron chi connectivity index (χ4n) is 1.21. The maximum absolute atomic E-state index is 11.5. The molecule has 0 radical (unpaired) electrons. The van der Waals surface area contributed by atoms with Gasteiger partial charge in [-0.2, -0.15) is 0 Å². The van der Waals surface area contributed by atoms with E-state index >= 15 is 0 Å². The lowest BCUT2D eigenvalue weighted by Gasteiger charge is -2.24. The number of amides is 1. The van der Waals surface area contributed by atoms with Crippen molar-refractivity contribution >= 4 is 5.91 Å². The molecule has 3 nitrogen and oxygen atoms in total. The number of aliphatic hydroxyl groups is 1. The van der Waals surface area contributed by atoms with Crippen molar-refractivity contribution in [3.63, 3.8) is 0 Å². The highest BCUT2D eigenvalue weighted by atomic mass is 16.3. The second kappa shape index (κ2) is 5.22. The second-order valence-corrected chi connectivity index (χ2v) is 3.96. The lowest BCUT2D eigenvalue weighted by atomic mass is 10.0. The Labute approximate surface area is 80.7 Å². The molecule has 0 spiro atoms. The summed E-state index contributed by atoms with van der Waals surface area (Å²) in [5.41, 5.74) is -0.891. The molecule has 0 aliphatic carbocycles. The molecule has 0 aromatic carbocycles. The van der Waals surface area contributed by atoms with E-state index in [1.54, 1.807) is 18.7 Å². The van der Waals surface area contributed by atoms with Gasteiger partial charge in [-0.05, 0) is 27.2 Å². The normalized spacial score (nSPS) is 11.5. The molecular weight excluding hydrogens is 166 g/mol. The number of rotatable bonds is 5. The zero-order valence-electron chi connectivity index (χ0n) is 9.13. The third-order valence-corrected chi connectivity index (χ3v) is 1.81. The van der Waals surface area contributed by atoms with Gasteiger partial charge in [0.1, 0.15) is 0 Å². The van der Waals surface area contributed by atoms with Crippen molar-refractivity contribution in [3.8, 4) is 0 Å². The molecule has 1 amide bonds. The minimum atomic E-state index is -0.891. The van der Waals surface area contributed by atoms with E-state index in [0.717, 1.165) is 19.5 Å². The zero-order valence-corrected chi connectivity index (χ0v) is 9.13. The maximum atomic E-state index is 11.5. The molecule has 0 fully saturated rings. The fourth-order valence-corrected chi connectivity index (χ4v) is 1.21. The molecule has 0 atom stereocenters. The van der Waals surface area contributed by atoms with Gasteiger partial charge in [-0.3, -0.25) is 4.79 Å². The maximum Gasteiger partial charge on any atom is 0.225 e. The van der Waals surface area contributed by atoms with Gasteiger partial charge in [0, 0.05) is 13.1 Å². The minimum absolute atomic E-state index is 0.0388. The molecule has 0 aliphatic heterocycles. The first-order chi connectivity index (χ1) is 5.90. The Morgan fingerprint density at radius 3 is 2.23 bits per heavy atom. The van der Waals surface area contributed by atoms with Crippen molar-refractivity contribution in [2.24, 2.45) is 0 Å². The van der Waals surface area contributed by atoms with Crippen molar-refractivity contribution < 1.29 is 9.90 Å². The van der Waals surface area contributed by atoms with Crippen LogP contribution in [0.2, 0.25) is 0 Å². The molecule has 0 rings (SSSR count). The van der Waals surface area contributed by atoms with E-state index in [9.17, 15) is 9.90 Å². The summed E-state index contributed by atoms with van der Waals surface area (Å²) in [5, 5.41) is 9.45. The van der Waals surface area contributed by atoms with E-state index in [0.29, 0.717) is 0 Å². The Morgan fingerprint density at radius 1 is 1.38 bits per heavy atom. The lowest BCUT2D eigenvalue weighted by Crippen LogP contribution is -2.36. The summed E-state index contributed by atoms with van der Waals surface area (Å²) >= 11 is 0. The van der Waals surface area contributed by atoms with Gasteiger partial charge in [0.2, 0.25) is 5.91 Å². The smallest absolute Gasteiger partial charge is 0.225 e. The van der Waals surface area contributed by atoms with E-state index in [2.05, 4.69) is 0 Å². The van der Waals surface area contributed by atoms with Gasteiger partial charge in [-0.1, -0.05) is 6.92 Å². The Morgan fingerprint density at radius 2 is 1.92 bits per heavy atom. The van der Waals surface area contributed by atoms with Crippen LogP contribution in [-0.2, 0) is 4.79 Å². The first kappa shape index (κ1) is 12.4. The van der Waals surface area contributed by atoms with Crippen LogP contribution in [0.5, 0.6) is 0 Å². The molecule has 0 aromatic rings. The van der Waals surface area contributed by atoms with Crippen LogP contribution in [0.15, 0.2) is 0 Å². The van der Waals surface area contributed by atoms with Crippen LogP contribution >= 0.6 is 0 Å². The molecule has 0 heterocycles. The van der Waals surface area contributed by atoms with E-state index in [1.807, 2.05) is 13.8 Å².